The second kappa shape index (κ2) is 4.89. The number of carbonyl (C=O) groups excluding carboxylic acids is 1. The monoisotopic (exact) mass is 270 g/mol. The highest BCUT2D eigenvalue weighted by Gasteiger charge is 2.30. The van der Waals surface area contributed by atoms with Gasteiger partial charge in [-0.05, 0) is 29.8 Å². The molecule has 0 aromatic heterocycles. The van der Waals surface area contributed by atoms with E-state index < -0.39 is 0 Å². The molecule has 0 saturated carbocycles. The van der Waals surface area contributed by atoms with Gasteiger partial charge in [-0.2, -0.15) is 0 Å². The Morgan fingerprint density at radius 3 is 2.65 bits per heavy atom. The van der Waals surface area contributed by atoms with Crippen LogP contribution in [-0.4, -0.2) is 24.6 Å². The largest absolute Gasteiger partial charge is 0.508 e. The van der Waals surface area contributed by atoms with E-state index in [1.807, 2.05) is 24.3 Å². The molecule has 0 radical (unpaired) electrons. The van der Waals surface area contributed by atoms with Gasteiger partial charge in [0, 0.05) is 6.07 Å². The lowest BCUT2D eigenvalue weighted by atomic mass is 9.89. The topological polar surface area (TPSA) is 55.8 Å². The number of hydrogen-bond acceptors (Lipinski definition) is 4. The van der Waals surface area contributed by atoms with Crippen LogP contribution in [0.25, 0.3) is 0 Å². The highest BCUT2D eigenvalue weighted by atomic mass is 16.5. The van der Waals surface area contributed by atoms with Crippen LogP contribution in [0.1, 0.15) is 21.8 Å². The normalized spacial score (nSPS) is 17.2. The zero-order valence-corrected chi connectivity index (χ0v) is 11.0. The van der Waals surface area contributed by atoms with Crippen molar-refractivity contribution in [1.82, 2.24) is 0 Å². The van der Waals surface area contributed by atoms with Gasteiger partial charge in [0.25, 0.3) is 0 Å². The number of benzene rings is 2. The first-order valence-electron chi connectivity index (χ1n) is 6.33. The highest BCUT2D eigenvalue weighted by molar-refractivity contribution is 6.04. The van der Waals surface area contributed by atoms with Gasteiger partial charge < -0.3 is 14.6 Å². The van der Waals surface area contributed by atoms with Crippen molar-refractivity contribution >= 4 is 5.78 Å². The summed E-state index contributed by atoms with van der Waals surface area (Å²) < 4.78 is 10.7. The van der Waals surface area contributed by atoms with Gasteiger partial charge in [-0.1, -0.05) is 12.1 Å². The molecule has 1 aliphatic heterocycles. The number of phenolic OH excluding ortho intramolecular Hbond substituents is 1. The van der Waals surface area contributed by atoms with Gasteiger partial charge in [-0.3, -0.25) is 4.79 Å². The van der Waals surface area contributed by atoms with E-state index in [1.165, 1.54) is 12.1 Å². The van der Waals surface area contributed by atoms with Crippen LogP contribution in [0.3, 0.4) is 0 Å². The second-order valence-electron chi connectivity index (χ2n) is 4.68. The van der Waals surface area contributed by atoms with E-state index in [2.05, 4.69) is 0 Å². The van der Waals surface area contributed by atoms with Crippen LogP contribution in [-0.2, 0) is 0 Å². The third kappa shape index (κ3) is 2.09. The van der Waals surface area contributed by atoms with E-state index in [9.17, 15) is 9.90 Å². The van der Waals surface area contributed by atoms with Crippen LogP contribution in [0, 0.1) is 0 Å². The fraction of sp³-hybridized carbons (Fsp3) is 0.188. The fourth-order valence-electron chi connectivity index (χ4n) is 2.35. The SMILES string of the molecule is COc1ccc([C@H]2COc3cc(O)ccc3C2=O)cc1. The summed E-state index contributed by atoms with van der Waals surface area (Å²) in [5.74, 6) is 0.983. The molecule has 0 aliphatic carbocycles. The average molecular weight is 270 g/mol. The van der Waals surface area contributed by atoms with Crippen LogP contribution in [0.2, 0.25) is 0 Å². The van der Waals surface area contributed by atoms with E-state index in [0.29, 0.717) is 11.3 Å². The summed E-state index contributed by atoms with van der Waals surface area (Å²) in [6, 6.07) is 12.0. The van der Waals surface area contributed by atoms with E-state index in [1.54, 1.807) is 13.2 Å². The third-order valence-corrected chi connectivity index (χ3v) is 3.47. The van der Waals surface area contributed by atoms with Crippen LogP contribution in [0.5, 0.6) is 17.2 Å². The molecule has 1 aliphatic rings. The number of Topliss-reactive ketones (excluding diaryl/α,β-unsaturated/α-hetero) is 1. The quantitative estimate of drug-likeness (QED) is 0.911. The molecule has 0 amide bonds. The minimum Gasteiger partial charge on any atom is -0.508 e. The number of ketones is 1. The molecule has 0 bridgehead atoms. The Labute approximate surface area is 116 Å². The summed E-state index contributed by atoms with van der Waals surface area (Å²) in [7, 11) is 1.60. The number of methoxy groups -OCH3 is 1. The molecular formula is C16H14O4. The maximum atomic E-state index is 12.5. The lowest BCUT2D eigenvalue weighted by Gasteiger charge is -2.24. The van der Waals surface area contributed by atoms with E-state index in [0.717, 1.165) is 11.3 Å². The Bertz CT molecular complexity index is 646. The van der Waals surface area contributed by atoms with Gasteiger partial charge in [0.05, 0.1) is 18.6 Å². The molecule has 102 valence electrons. The minimum atomic E-state index is -0.321. The number of hydrogen-bond donors (Lipinski definition) is 1. The smallest absolute Gasteiger partial charge is 0.177 e. The number of carbonyl (C=O) groups is 1. The van der Waals surface area contributed by atoms with Crippen molar-refractivity contribution in [2.75, 3.05) is 13.7 Å². The lowest BCUT2D eigenvalue weighted by Crippen LogP contribution is -2.25. The molecular weight excluding hydrogens is 256 g/mol. The first kappa shape index (κ1) is 12.5. The predicted molar refractivity (Wildman–Crippen MR) is 73.7 cm³/mol. The van der Waals surface area contributed by atoms with Crippen LogP contribution < -0.4 is 9.47 Å². The van der Waals surface area contributed by atoms with Gasteiger partial charge in [0.2, 0.25) is 0 Å². The number of fused-ring (bicyclic) bond motifs is 1. The van der Waals surface area contributed by atoms with Gasteiger partial charge in [-0.25, -0.2) is 0 Å². The zero-order valence-electron chi connectivity index (χ0n) is 11.0. The summed E-state index contributed by atoms with van der Waals surface area (Å²) in [5.41, 5.74) is 1.41. The van der Waals surface area contributed by atoms with E-state index in [-0.39, 0.29) is 24.1 Å². The first-order chi connectivity index (χ1) is 9.69. The molecule has 0 fully saturated rings. The van der Waals surface area contributed by atoms with E-state index >= 15 is 0 Å². The summed E-state index contributed by atoms with van der Waals surface area (Å²) >= 11 is 0. The molecule has 2 aromatic rings. The molecule has 4 heteroatoms. The molecule has 0 saturated heterocycles. The summed E-state index contributed by atoms with van der Waals surface area (Å²) in [6.45, 7) is 0.279. The van der Waals surface area contributed by atoms with E-state index in [4.69, 9.17) is 9.47 Å². The Kier molecular flexibility index (Phi) is 3.06. The summed E-state index contributed by atoms with van der Waals surface area (Å²) in [6.07, 6.45) is 0. The van der Waals surface area contributed by atoms with Gasteiger partial charge in [0.15, 0.2) is 5.78 Å². The molecule has 0 unspecified atom stereocenters. The van der Waals surface area contributed by atoms with Gasteiger partial charge in [0.1, 0.15) is 23.9 Å². The Morgan fingerprint density at radius 1 is 1.20 bits per heavy atom. The maximum Gasteiger partial charge on any atom is 0.177 e. The average Bonchev–Trinajstić information content (AvgIpc) is 2.48. The fourth-order valence-corrected chi connectivity index (χ4v) is 2.35. The van der Waals surface area contributed by atoms with Crippen molar-refractivity contribution in [2.24, 2.45) is 0 Å². The van der Waals surface area contributed by atoms with Crippen molar-refractivity contribution in [3.63, 3.8) is 0 Å². The van der Waals surface area contributed by atoms with Crippen molar-refractivity contribution in [2.45, 2.75) is 5.92 Å². The van der Waals surface area contributed by atoms with Crippen molar-refractivity contribution in [3.8, 4) is 17.2 Å². The van der Waals surface area contributed by atoms with Crippen LogP contribution >= 0.6 is 0 Å². The standard InChI is InChI=1S/C16H14O4/c1-19-12-5-2-10(3-6-12)14-9-20-15-8-11(17)4-7-13(15)16(14)18/h2-8,14,17H,9H2,1H3/t14-/m1/s1. The molecule has 1 atom stereocenters. The molecule has 4 nitrogen and oxygen atoms in total. The molecule has 1 heterocycles. The Balaban J connectivity index is 1.93. The molecule has 2 aromatic carbocycles. The number of rotatable bonds is 2. The Hall–Kier alpha value is -2.49. The second-order valence-corrected chi connectivity index (χ2v) is 4.68. The minimum absolute atomic E-state index is 0.0106. The third-order valence-electron chi connectivity index (χ3n) is 3.47. The van der Waals surface area contributed by atoms with Crippen molar-refractivity contribution in [1.29, 1.82) is 0 Å². The summed E-state index contributed by atoms with van der Waals surface area (Å²) in [5, 5.41) is 9.41. The summed E-state index contributed by atoms with van der Waals surface area (Å²) in [4.78, 5) is 12.5. The molecule has 0 spiro atoms. The molecule has 1 N–H and O–H groups in total. The number of aromatic hydroxyl groups is 1. The highest BCUT2D eigenvalue weighted by Crippen LogP contribution is 2.34. The maximum absolute atomic E-state index is 12.5. The Morgan fingerprint density at radius 2 is 1.95 bits per heavy atom. The van der Waals surface area contributed by atoms with Crippen molar-refractivity contribution in [3.05, 3.63) is 53.6 Å². The number of ether oxygens (including phenoxy) is 2. The van der Waals surface area contributed by atoms with Crippen LogP contribution in [0.15, 0.2) is 42.5 Å². The number of phenols is 1. The molecule has 20 heavy (non-hydrogen) atoms. The zero-order chi connectivity index (χ0) is 14.1. The van der Waals surface area contributed by atoms with Crippen LogP contribution in [0.4, 0.5) is 0 Å². The predicted octanol–water partition coefficient (Wildman–Crippen LogP) is 2.76. The lowest BCUT2D eigenvalue weighted by molar-refractivity contribution is 0.0896. The van der Waals surface area contributed by atoms with Gasteiger partial charge in [-0.15, -0.1) is 0 Å². The first-order valence-corrected chi connectivity index (χ1v) is 6.33. The van der Waals surface area contributed by atoms with Crippen molar-refractivity contribution < 1.29 is 19.4 Å². The molecule has 3 rings (SSSR count). The van der Waals surface area contributed by atoms with Gasteiger partial charge >= 0.3 is 0 Å².